The quantitative estimate of drug-likeness (QED) is 0.737. The minimum atomic E-state index is -0.198. The molecule has 15 heavy (non-hydrogen) atoms. The highest BCUT2D eigenvalue weighted by Gasteiger charge is 2.01. The van der Waals surface area contributed by atoms with Crippen molar-refractivity contribution in [2.45, 2.75) is 20.3 Å². The molecule has 5 heteroatoms. The molecular formula is C10H15N3O2. The van der Waals surface area contributed by atoms with Crippen molar-refractivity contribution in [2.75, 3.05) is 18.5 Å². The minimum absolute atomic E-state index is 0.198. The molecule has 1 aromatic rings. The predicted molar refractivity (Wildman–Crippen MR) is 56.5 cm³/mol. The second kappa shape index (κ2) is 5.95. The maximum Gasteiger partial charge on any atom is 0.307 e. The third kappa shape index (κ3) is 4.39. The van der Waals surface area contributed by atoms with E-state index in [9.17, 15) is 4.79 Å². The molecule has 0 unspecified atom stereocenters. The zero-order chi connectivity index (χ0) is 11.1. The Morgan fingerprint density at radius 3 is 3.00 bits per heavy atom. The van der Waals surface area contributed by atoms with Gasteiger partial charge >= 0.3 is 5.97 Å². The van der Waals surface area contributed by atoms with Crippen LogP contribution in [0.1, 0.15) is 19.0 Å². The second-order valence-electron chi connectivity index (χ2n) is 3.03. The molecule has 1 heterocycles. The number of nitrogens with one attached hydrogen (secondary N) is 1. The zero-order valence-corrected chi connectivity index (χ0v) is 8.99. The molecule has 0 spiro atoms. The summed E-state index contributed by atoms with van der Waals surface area (Å²) >= 11 is 0. The van der Waals surface area contributed by atoms with Crippen LogP contribution in [0, 0.1) is 6.92 Å². The van der Waals surface area contributed by atoms with Gasteiger partial charge in [0.15, 0.2) is 0 Å². The van der Waals surface area contributed by atoms with Crippen LogP contribution >= 0.6 is 0 Å². The Morgan fingerprint density at radius 2 is 2.33 bits per heavy atom. The number of rotatable bonds is 5. The van der Waals surface area contributed by atoms with Crippen LogP contribution in [0.4, 0.5) is 5.82 Å². The lowest BCUT2D eigenvalue weighted by Gasteiger charge is -2.05. The smallest absolute Gasteiger partial charge is 0.307 e. The van der Waals surface area contributed by atoms with E-state index in [0.29, 0.717) is 19.6 Å². The molecule has 0 aliphatic heterocycles. The second-order valence-corrected chi connectivity index (χ2v) is 3.03. The Labute approximate surface area is 88.9 Å². The van der Waals surface area contributed by atoms with Crippen LogP contribution in [-0.2, 0) is 9.53 Å². The molecule has 0 saturated heterocycles. The van der Waals surface area contributed by atoms with E-state index in [2.05, 4.69) is 15.3 Å². The van der Waals surface area contributed by atoms with Gasteiger partial charge in [0.25, 0.3) is 0 Å². The predicted octanol–water partition coefficient (Wildman–Crippen LogP) is 1.15. The Bertz CT molecular complexity index is 328. The van der Waals surface area contributed by atoms with Crippen molar-refractivity contribution in [3.8, 4) is 0 Å². The highest BCUT2D eigenvalue weighted by atomic mass is 16.5. The summed E-state index contributed by atoms with van der Waals surface area (Å²) < 4.78 is 4.79. The first-order valence-corrected chi connectivity index (χ1v) is 4.90. The van der Waals surface area contributed by atoms with Gasteiger partial charge in [-0.05, 0) is 13.8 Å². The number of esters is 1. The summed E-state index contributed by atoms with van der Waals surface area (Å²) in [5.41, 5.74) is 0.892. The van der Waals surface area contributed by atoms with Gasteiger partial charge in [0.05, 0.1) is 13.0 Å². The van der Waals surface area contributed by atoms with Gasteiger partial charge in [-0.2, -0.15) is 0 Å². The summed E-state index contributed by atoms with van der Waals surface area (Å²) in [7, 11) is 0. The van der Waals surface area contributed by atoms with E-state index in [0.717, 1.165) is 11.5 Å². The van der Waals surface area contributed by atoms with E-state index >= 15 is 0 Å². The molecule has 5 nitrogen and oxygen atoms in total. The van der Waals surface area contributed by atoms with Gasteiger partial charge in [0.2, 0.25) is 0 Å². The SMILES string of the molecule is CCOC(=O)CCNc1cc(C)ncn1. The van der Waals surface area contributed by atoms with E-state index in [-0.39, 0.29) is 5.97 Å². The molecule has 1 rings (SSSR count). The third-order valence-electron chi connectivity index (χ3n) is 1.74. The standard InChI is InChI=1S/C10H15N3O2/c1-3-15-10(14)4-5-11-9-6-8(2)12-7-13-9/h6-7H,3-5H2,1-2H3,(H,11,12,13). The van der Waals surface area contributed by atoms with Crippen molar-refractivity contribution in [1.29, 1.82) is 0 Å². The molecule has 0 aliphatic rings. The average Bonchev–Trinajstić information content (AvgIpc) is 2.18. The molecule has 0 saturated carbocycles. The highest BCUT2D eigenvalue weighted by Crippen LogP contribution is 2.02. The van der Waals surface area contributed by atoms with Crippen molar-refractivity contribution >= 4 is 11.8 Å². The van der Waals surface area contributed by atoms with Crippen LogP contribution in [0.2, 0.25) is 0 Å². The number of anilines is 1. The number of ether oxygens (including phenoxy) is 1. The Hall–Kier alpha value is -1.65. The van der Waals surface area contributed by atoms with Crippen LogP contribution in [-0.4, -0.2) is 29.1 Å². The van der Waals surface area contributed by atoms with Crippen molar-refractivity contribution in [3.63, 3.8) is 0 Å². The summed E-state index contributed by atoms with van der Waals surface area (Å²) in [6.07, 6.45) is 1.83. The Balaban J connectivity index is 2.28. The molecule has 0 amide bonds. The first-order chi connectivity index (χ1) is 7.22. The van der Waals surface area contributed by atoms with Crippen LogP contribution in [0.5, 0.6) is 0 Å². The fourth-order valence-electron chi connectivity index (χ4n) is 1.08. The summed E-state index contributed by atoms with van der Waals surface area (Å²) in [5.74, 6) is 0.530. The Morgan fingerprint density at radius 1 is 1.53 bits per heavy atom. The molecule has 0 atom stereocenters. The van der Waals surface area contributed by atoms with Gasteiger partial charge in [-0.15, -0.1) is 0 Å². The maximum absolute atomic E-state index is 11.0. The first-order valence-electron chi connectivity index (χ1n) is 4.90. The van der Waals surface area contributed by atoms with Crippen LogP contribution in [0.25, 0.3) is 0 Å². The van der Waals surface area contributed by atoms with E-state index in [1.54, 1.807) is 6.92 Å². The minimum Gasteiger partial charge on any atom is -0.466 e. The average molecular weight is 209 g/mol. The van der Waals surface area contributed by atoms with Gasteiger partial charge in [-0.1, -0.05) is 0 Å². The van der Waals surface area contributed by atoms with E-state index in [1.807, 2.05) is 13.0 Å². The lowest BCUT2D eigenvalue weighted by molar-refractivity contribution is -0.142. The van der Waals surface area contributed by atoms with Gasteiger partial charge in [-0.25, -0.2) is 9.97 Å². The van der Waals surface area contributed by atoms with Gasteiger partial charge in [0.1, 0.15) is 12.1 Å². The van der Waals surface area contributed by atoms with E-state index in [1.165, 1.54) is 6.33 Å². The van der Waals surface area contributed by atoms with Crippen LogP contribution < -0.4 is 5.32 Å². The molecule has 1 aromatic heterocycles. The lowest BCUT2D eigenvalue weighted by atomic mass is 10.4. The number of hydrogen-bond donors (Lipinski definition) is 1. The number of hydrogen-bond acceptors (Lipinski definition) is 5. The third-order valence-corrected chi connectivity index (χ3v) is 1.74. The summed E-state index contributed by atoms with van der Waals surface area (Å²) in [6, 6.07) is 1.82. The molecule has 0 fully saturated rings. The van der Waals surface area contributed by atoms with Crippen molar-refractivity contribution in [1.82, 2.24) is 9.97 Å². The summed E-state index contributed by atoms with van der Waals surface area (Å²) in [6.45, 7) is 4.62. The van der Waals surface area contributed by atoms with Gasteiger partial charge in [-0.3, -0.25) is 4.79 Å². The first kappa shape index (κ1) is 11.4. The molecule has 0 aliphatic carbocycles. The normalized spacial score (nSPS) is 9.73. The number of aryl methyl sites for hydroxylation is 1. The maximum atomic E-state index is 11.0. The molecule has 0 radical (unpaired) electrons. The van der Waals surface area contributed by atoms with Gasteiger partial charge in [0, 0.05) is 18.3 Å². The van der Waals surface area contributed by atoms with Crippen molar-refractivity contribution in [3.05, 3.63) is 18.1 Å². The molecule has 82 valence electrons. The van der Waals surface area contributed by atoms with Crippen molar-refractivity contribution < 1.29 is 9.53 Å². The number of nitrogens with zero attached hydrogens (tertiary/aromatic N) is 2. The summed E-state index contributed by atoms with van der Waals surface area (Å²) in [5, 5.41) is 3.02. The van der Waals surface area contributed by atoms with E-state index < -0.39 is 0 Å². The van der Waals surface area contributed by atoms with Crippen molar-refractivity contribution in [2.24, 2.45) is 0 Å². The van der Waals surface area contributed by atoms with Crippen LogP contribution in [0.3, 0.4) is 0 Å². The monoisotopic (exact) mass is 209 g/mol. The number of carbonyl (C=O) groups excluding carboxylic acids is 1. The molecule has 0 aromatic carbocycles. The molecule has 1 N–H and O–H groups in total. The largest absolute Gasteiger partial charge is 0.466 e. The number of carbonyl (C=O) groups is 1. The summed E-state index contributed by atoms with van der Waals surface area (Å²) in [4.78, 5) is 19.0. The zero-order valence-electron chi connectivity index (χ0n) is 8.99. The molecule has 0 bridgehead atoms. The van der Waals surface area contributed by atoms with Gasteiger partial charge < -0.3 is 10.1 Å². The lowest BCUT2D eigenvalue weighted by Crippen LogP contribution is -2.12. The molecular weight excluding hydrogens is 194 g/mol. The van der Waals surface area contributed by atoms with Crippen LogP contribution in [0.15, 0.2) is 12.4 Å². The highest BCUT2D eigenvalue weighted by molar-refractivity contribution is 5.69. The fraction of sp³-hybridized carbons (Fsp3) is 0.500. The topological polar surface area (TPSA) is 64.1 Å². The fourth-order valence-corrected chi connectivity index (χ4v) is 1.08. The number of aromatic nitrogens is 2. The Kier molecular flexibility index (Phi) is 4.53. The van der Waals surface area contributed by atoms with E-state index in [4.69, 9.17) is 4.74 Å².